The molecule has 0 N–H and O–H groups in total. The summed E-state index contributed by atoms with van der Waals surface area (Å²) >= 11 is 0. The van der Waals surface area contributed by atoms with Gasteiger partial charge < -0.3 is 4.74 Å². The van der Waals surface area contributed by atoms with Gasteiger partial charge in [0.25, 0.3) is 0 Å². The van der Waals surface area contributed by atoms with Crippen molar-refractivity contribution in [3.05, 3.63) is 29.8 Å². The molecule has 2 fully saturated rings. The lowest BCUT2D eigenvalue weighted by Crippen LogP contribution is -2.33. The van der Waals surface area contributed by atoms with E-state index >= 15 is 0 Å². The van der Waals surface area contributed by atoms with Gasteiger partial charge in [-0.25, -0.2) is 0 Å². The average Bonchev–Trinajstić information content (AvgIpc) is 2.74. The molecule has 0 heterocycles. The van der Waals surface area contributed by atoms with Crippen LogP contribution >= 0.6 is 0 Å². The first kappa shape index (κ1) is 23.0. The SMILES string of the molecule is CCC[C@H]1CC[C@H](C2CCC(C#Cc3ccc(OC(F)(F)C(F)F)cc3)CC2)CC1. The second kappa shape index (κ2) is 10.6. The Hall–Kier alpha value is -1.70. The zero-order valence-electron chi connectivity index (χ0n) is 17.7. The van der Waals surface area contributed by atoms with E-state index in [1.165, 1.54) is 75.6 Å². The van der Waals surface area contributed by atoms with Gasteiger partial charge in [-0.05, 0) is 80.5 Å². The van der Waals surface area contributed by atoms with Gasteiger partial charge in [0, 0.05) is 11.5 Å². The van der Waals surface area contributed by atoms with E-state index in [0.717, 1.165) is 30.6 Å². The van der Waals surface area contributed by atoms with Crippen LogP contribution in [0.25, 0.3) is 0 Å². The van der Waals surface area contributed by atoms with Crippen LogP contribution in [0.3, 0.4) is 0 Å². The number of rotatable bonds is 6. The molecule has 0 spiro atoms. The van der Waals surface area contributed by atoms with Gasteiger partial charge in [-0.1, -0.05) is 44.4 Å². The predicted octanol–water partition coefficient (Wildman–Crippen LogP) is 7.69. The molecule has 166 valence electrons. The number of hydrogen-bond acceptors (Lipinski definition) is 1. The van der Waals surface area contributed by atoms with Gasteiger partial charge in [0.1, 0.15) is 5.75 Å². The van der Waals surface area contributed by atoms with Crippen molar-refractivity contribution in [1.82, 2.24) is 0 Å². The highest BCUT2D eigenvalue weighted by Crippen LogP contribution is 2.42. The summed E-state index contributed by atoms with van der Waals surface area (Å²) in [5, 5.41) is 0. The molecule has 0 unspecified atom stereocenters. The van der Waals surface area contributed by atoms with Crippen LogP contribution in [-0.4, -0.2) is 12.5 Å². The Labute approximate surface area is 177 Å². The van der Waals surface area contributed by atoms with Crippen molar-refractivity contribution in [2.45, 2.75) is 83.7 Å². The Balaban J connectivity index is 1.45. The molecule has 0 amide bonds. The van der Waals surface area contributed by atoms with Crippen molar-refractivity contribution in [2.75, 3.05) is 0 Å². The Bertz CT molecular complexity index is 703. The monoisotopic (exact) mass is 424 g/mol. The number of benzene rings is 1. The highest BCUT2D eigenvalue weighted by atomic mass is 19.3. The summed E-state index contributed by atoms with van der Waals surface area (Å²) in [6.07, 6.45) is 4.67. The van der Waals surface area contributed by atoms with Crippen LogP contribution in [0.2, 0.25) is 0 Å². The standard InChI is InChI=1S/C25H32F4O/c1-2-3-18-6-12-21(13-7-18)22-14-8-19(9-15-22)4-5-20-10-16-23(17-11-20)30-25(28,29)24(26)27/h10-11,16-19,21-22,24H,2-3,6-9,12-15H2,1H3/t18-,19?,21-,22?. The molecule has 5 heteroatoms. The Morgan fingerprint density at radius 2 is 1.50 bits per heavy atom. The molecule has 0 radical (unpaired) electrons. The maximum absolute atomic E-state index is 12.9. The quantitative estimate of drug-likeness (QED) is 0.336. The molecule has 0 saturated heterocycles. The van der Waals surface area contributed by atoms with Crippen LogP contribution in [-0.2, 0) is 0 Å². The van der Waals surface area contributed by atoms with E-state index in [4.69, 9.17) is 0 Å². The van der Waals surface area contributed by atoms with Crippen molar-refractivity contribution in [1.29, 1.82) is 0 Å². The van der Waals surface area contributed by atoms with Gasteiger partial charge in [-0.3, -0.25) is 0 Å². The van der Waals surface area contributed by atoms with Crippen LogP contribution in [0.15, 0.2) is 24.3 Å². The van der Waals surface area contributed by atoms with E-state index in [2.05, 4.69) is 23.5 Å². The van der Waals surface area contributed by atoms with E-state index in [1.54, 1.807) is 0 Å². The Kier molecular flexibility index (Phi) is 8.08. The number of alkyl halides is 4. The zero-order valence-corrected chi connectivity index (χ0v) is 17.7. The van der Waals surface area contributed by atoms with E-state index in [-0.39, 0.29) is 5.75 Å². The molecule has 30 heavy (non-hydrogen) atoms. The highest BCUT2D eigenvalue weighted by molar-refractivity contribution is 5.38. The molecule has 1 aromatic carbocycles. The summed E-state index contributed by atoms with van der Waals surface area (Å²) in [4.78, 5) is 0. The summed E-state index contributed by atoms with van der Waals surface area (Å²) in [6.45, 7) is 2.28. The number of halogens is 4. The molecule has 2 aliphatic rings. The van der Waals surface area contributed by atoms with E-state index in [0.29, 0.717) is 11.5 Å². The van der Waals surface area contributed by atoms with E-state index in [1.807, 2.05) is 0 Å². The minimum Gasteiger partial charge on any atom is -0.428 e. The number of hydrogen-bond donors (Lipinski definition) is 0. The van der Waals surface area contributed by atoms with Gasteiger partial charge in [-0.15, -0.1) is 0 Å². The Morgan fingerprint density at radius 3 is 2.03 bits per heavy atom. The van der Waals surface area contributed by atoms with Crippen LogP contribution in [0.5, 0.6) is 5.75 Å². The molecule has 0 atom stereocenters. The lowest BCUT2D eigenvalue weighted by molar-refractivity contribution is -0.253. The molecular weight excluding hydrogens is 392 g/mol. The second-order valence-corrected chi connectivity index (χ2v) is 8.94. The second-order valence-electron chi connectivity index (χ2n) is 8.94. The van der Waals surface area contributed by atoms with Crippen LogP contribution in [0.4, 0.5) is 17.6 Å². The van der Waals surface area contributed by atoms with Crippen LogP contribution < -0.4 is 4.74 Å². The minimum absolute atomic E-state index is 0.292. The normalized spacial score (nSPS) is 27.4. The summed E-state index contributed by atoms with van der Waals surface area (Å²) in [5.74, 6) is 9.18. The molecule has 0 aromatic heterocycles. The van der Waals surface area contributed by atoms with Crippen LogP contribution in [0.1, 0.15) is 76.7 Å². The first-order valence-corrected chi connectivity index (χ1v) is 11.3. The average molecular weight is 425 g/mol. The molecular formula is C25H32F4O. The largest absolute Gasteiger partial charge is 0.461 e. The number of ether oxygens (including phenoxy) is 1. The van der Waals surface area contributed by atoms with Gasteiger partial charge >= 0.3 is 12.5 Å². The van der Waals surface area contributed by atoms with Crippen molar-refractivity contribution >= 4 is 0 Å². The topological polar surface area (TPSA) is 9.23 Å². The molecule has 1 nitrogen and oxygen atoms in total. The van der Waals surface area contributed by atoms with Gasteiger partial charge in [0.2, 0.25) is 0 Å². The maximum atomic E-state index is 12.9. The highest BCUT2D eigenvalue weighted by Gasteiger charge is 2.43. The zero-order chi connectivity index (χ0) is 21.6. The third-order valence-electron chi connectivity index (χ3n) is 6.81. The first-order valence-electron chi connectivity index (χ1n) is 11.3. The predicted molar refractivity (Wildman–Crippen MR) is 111 cm³/mol. The summed E-state index contributed by atoms with van der Waals surface area (Å²) < 4.78 is 54.4. The van der Waals surface area contributed by atoms with Crippen LogP contribution in [0, 0.1) is 35.5 Å². The summed E-state index contributed by atoms with van der Waals surface area (Å²) in [5.41, 5.74) is 0.680. The fourth-order valence-corrected chi connectivity index (χ4v) is 5.08. The van der Waals surface area contributed by atoms with Crippen molar-refractivity contribution in [2.24, 2.45) is 23.7 Å². The van der Waals surface area contributed by atoms with Gasteiger partial charge in [0.05, 0.1) is 0 Å². The van der Waals surface area contributed by atoms with E-state index < -0.39 is 12.5 Å². The molecule has 1 aromatic rings. The molecule has 3 rings (SSSR count). The summed E-state index contributed by atoms with van der Waals surface area (Å²) in [6, 6.07) is 5.58. The lowest BCUT2D eigenvalue weighted by atomic mass is 9.69. The lowest BCUT2D eigenvalue weighted by Gasteiger charge is -2.37. The third-order valence-corrected chi connectivity index (χ3v) is 6.81. The minimum atomic E-state index is -4.49. The third kappa shape index (κ3) is 6.40. The smallest absolute Gasteiger partial charge is 0.428 e. The van der Waals surface area contributed by atoms with Gasteiger partial charge in [0.15, 0.2) is 0 Å². The molecule has 2 saturated carbocycles. The molecule has 0 aliphatic heterocycles. The van der Waals surface area contributed by atoms with E-state index in [9.17, 15) is 17.6 Å². The summed E-state index contributed by atoms with van der Waals surface area (Å²) in [7, 11) is 0. The Morgan fingerprint density at radius 1 is 0.933 bits per heavy atom. The van der Waals surface area contributed by atoms with Crippen molar-refractivity contribution < 1.29 is 22.3 Å². The van der Waals surface area contributed by atoms with Gasteiger partial charge in [-0.2, -0.15) is 17.6 Å². The fraction of sp³-hybridized carbons (Fsp3) is 0.680. The van der Waals surface area contributed by atoms with Crippen molar-refractivity contribution in [3.63, 3.8) is 0 Å². The first-order chi connectivity index (χ1) is 14.4. The molecule has 2 aliphatic carbocycles. The maximum Gasteiger partial charge on any atom is 0.461 e. The van der Waals surface area contributed by atoms with Crippen molar-refractivity contribution in [3.8, 4) is 17.6 Å². The fourth-order valence-electron chi connectivity index (χ4n) is 5.08. The molecule has 0 bridgehead atoms.